The first-order chi connectivity index (χ1) is 10.4. The fourth-order valence-corrected chi connectivity index (χ4v) is 3.78. The Bertz CT molecular complexity index is 487. The SMILES string of the molecule is CCc1nn(C)c(CC)c1CNC[C@H]1CCO[C@@H]1C(C)(C)C. The molecule has 1 aliphatic heterocycles. The van der Waals surface area contributed by atoms with Crippen LogP contribution in [0.5, 0.6) is 0 Å². The minimum absolute atomic E-state index is 0.223. The molecule has 0 radical (unpaired) electrons. The number of hydrogen-bond donors (Lipinski definition) is 1. The van der Waals surface area contributed by atoms with E-state index in [9.17, 15) is 0 Å². The molecule has 2 rings (SSSR count). The fourth-order valence-electron chi connectivity index (χ4n) is 3.78. The molecule has 4 heteroatoms. The first-order valence-electron chi connectivity index (χ1n) is 8.74. The highest BCUT2D eigenvalue weighted by molar-refractivity contribution is 5.26. The van der Waals surface area contributed by atoms with Crippen LogP contribution in [-0.2, 0) is 31.2 Å². The van der Waals surface area contributed by atoms with E-state index >= 15 is 0 Å². The van der Waals surface area contributed by atoms with Gasteiger partial charge in [-0.2, -0.15) is 5.10 Å². The first-order valence-corrected chi connectivity index (χ1v) is 8.74. The molecule has 0 spiro atoms. The number of nitrogens with one attached hydrogen (secondary N) is 1. The topological polar surface area (TPSA) is 39.1 Å². The van der Waals surface area contributed by atoms with Crippen LogP contribution < -0.4 is 5.32 Å². The Morgan fingerprint density at radius 1 is 1.27 bits per heavy atom. The number of rotatable bonds is 6. The molecule has 0 unspecified atom stereocenters. The Morgan fingerprint density at radius 3 is 2.59 bits per heavy atom. The van der Waals surface area contributed by atoms with Crippen LogP contribution in [0.2, 0.25) is 0 Å². The van der Waals surface area contributed by atoms with Gasteiger partial charge in [-0.3, -0.25) is 4.68 Å². The number of nitrogens with zero attached hydrogens (tertiary/aromatic N) is 2. The Kier molecular flexibility index (Phi) is 5.67. The zero-order chi connectivity index (χ0) is 16.3. The van der Waals surface area contributed by atoms with E-state index in [2.05, 4.69) is 52.1 Å². The lowest BCUT2D eigenvalue weighted by Gasteiger charge is -2.31. The van der Waals surface area contributed by atoms with Gasteiger partial charge >= 0.3 is 0 Å². The predicted octanol–water partition coefficient (Wildman–Crippen LogP) is 3.09. The number of hydrogen-bond acceptors (Lipinski definition) is 3. The third kappa shape index (κ3) is 3.72. The molecule has 1 N–H and O–H groups in total. The Hall–Kier alpha value is -0.870. The molecule has 1 saturated heterocycles. The summed E-state index contributed by atoms with van der Waals surface area (Å²) in [6.45, 7) is 14.1. The van der Waals surface area contributed by atoms with Crippen LogP contribution in [-0.4, -0.2) is 29.0 Å². The normalized spacial score (nSPS) is 22.5. The van der Waals surface area contributed by atoms with Crippen molar-refractivity contribution in [3.8, 4) is 0 Å². The average molecular weight is 307 g/mol. The highest BCUT2D eigenvalue weighted by Crippen LogP contribution is 2.34. The number of aryl methyl sites for hydroxylation is 2. The van der Waals surface area contributed by atoms with Crippen LogP contribution in [0.3, 0.4) is 0 Å². The maximum absolute atomic E-state index is 5.97. The lowest BCUT2D eigenvalue weighted by atomic mass is 9.81. The molecule has 2 heterocycles. The van der Waals surface area contributed by atoms with Gasteiger partial charge in [0, 0.05) is 43.9 Å². The van der Waals surface area contributed by atoms with Crippen molar-refractivity contribution in [2.45, 2.75) is 66.5 Å². The molecule has 0 saturated carbocycles. The predicted molar refractivity (Wildman–Crippen MR) is 91.0 cm³/mol. The summed E-state index contributed by atoms with van der Waals surface area (Å²) in [4.78, 5) is 0. The Morgan fingerprint density at radius 2 is 2.00 bits per heavy atom. The summed E-state index contributed by atoms with van der Waals surface area (Å²) in [5.41, 5.74) is 4.22. The van der Waals surface area contributed by atoms with Crippen molar-refractivity contribution in [1.82, 2.24) is 15.1 Å². The summed E-state index contributed by atoms with van der Waals surface area (Å²) >= 11 is 0. The zero-order valence-corrected chi connectivity index (χ0v) is 15.2. The molecular formula is C18H33N3O. The summed E-state index contributed by atoms with van der Waals surface area (Å²) in [7, 11) is 2.06. The molecule has 0 bridgehead atoms. The van der Waals surface area contributed by atoms with Gasteiger partial charge in [-0.1, -0.05) is 34.6 Å². The van der Waals surface area contributed by atoms with Crippen molar-refractivity contribution in [3.63, 3.8) is 0 Å². The van der Waals surface area contributed by atoms with Crippen molar-refractivity contribution >= 4 is 0 Å². The summed E-state index contributed by atoms with van der Waals surface area (Å²) < 4.78 is 8.02. The van der Waals surface area contributed by atoms with Gasteiger partial charge in [-0.15, -0.1) is 0 Å². The van der Waals surface area contributed by atoms with Crippen LogP contribution in [0.1, 0.15) is 58.0 Å². The average Bonchev–Trinajstić information content (AvgIpc) is 3.03. The van der Waals surface area contributed by atoms with Crippen molar-refractivity contribution in [2.75, 3.05) is 13.2 Å². The lowest BCUT2D eigenvalue weighted by Crippen LogP contribution is -2.36. The molecule has 1 fully saturated rings. The van der Waals surface area contributed by atoms with Gasteiger partial charge in [0.1, 0.15) is 0 Å². The maximum atomic E-state index is 5.97. The van der Waals surface area contributed by atoms with Gasteiger partial charge in [0.15, 0.2) is 0 Å². The van der Waals surface area contributed by atoms with E-state index < -0.39 is 0 Å². The second-order valence-corrected chi connectivity index (χ2v) is 7.54. The second kappa shape index (κ2) is 7.14. The standard InChI is InChI=1S/C18H33N3O/c1-7-15-14(16(8-2)21(6)20-15)12-19-11-13-9-10-22-17(13)18(3,4)5/h13,17,19H,7-12H2,1-6H3/t13-,17+/m1/s1. The van der Waals surface area contributed by atoms with E-state index in [0.717, 1.165) is 32.5 Å². The molecule has 4 nitrogen and oxygen atoms in total. The molecule has 22 heavy (non-hydrogen) atoms. The van der Waals surface area contributed by atoms with Gasteiger partial charge in [0.25, 0.3) is 0 Å². The van der Waals surface area contributed by atoms with Crippen LogP contribution >= 0.6 is 0 Å². The number of ether oxygens (including phenoxy) is 1. The molecule has 0 amide bonds. The second-order valence-electron chi connectivity index (χ2n) is 7.54. The first kappa shape index (κ1) is 17.5. The Balaban J connectivity index is 1.97. The lowest BCUT2D eigenvalue weighted by molar-refractivity contribution is 0.00720. The summed E-state index contributed by atoms with van der Waals surface area (Å²) in [5.74, 6) is 0.617. The van der Waals surface area contributed by atoms with Crippen LogP contribution in [0, 0.1) is 11.3 Å². The molecular weight excluding hydrogens is 274 g/mol. The quantitative estimate of drug-likeness (QED) is 0.878. The fraction of sp³-hybridized carbons (Fsp3) is 0.833. The van der Waals surface area contributed by atoms with Crippen molar-refractivity contribution in [3.05, 3.63) is 17.0 Å². The van der Waals surface area contributed by atoms with Gasteiger partial charge in [0.05, 0.1) is 11.8 Å². The molecule has 1 aromatic heterocycles. The maximum Gasteiger partial charge on any atom is 0.0669 e. The minimum Gasteiger partial charge on any atom is -0.377 e. The van der Waals surface area contributed by atoms with E-state index in [4.69, 9.17) is 4.74 Å². The Labute approximate surface area is 135 Å². The molecule has 126 valence electrons. The van der Waals surface area contributed by atoms with E-state index in [1.807, 2.05) is 4.68 Å². The smallest absolute Gasteiger partial charge is 0.0669 e. The molecule has 1 aliphatic rings. The van der Waals surface area contributed by atoms with E-state index in [-0.39, 0.29) is 5.41 Å². The summed E-state index contributed by atoms with van der Waals surface area (Å²) in [5, 5.41) is 8.33. The van der Waals surface area contributed by atoms with Crippen molar-refractivity contribution in [2.24, 2.45) is 18.4 Å². The third-order valence-corrected chi connectivity index (χ3v) is 4.80. The third-order valence-electron chi connectivity index (χ3n) is 4.80. The van der Waals surface area contributed by atoms with Crippen molar-refractivity contribution < 1.29 is 4.74 Å². The zero-order valence-electron chi connectivity index (χ0n) is 15.2. The molecule has 0 aromatic carbocycles. The van der Waals surface area contributed by atoms with Gasteiger partial charge in [0.2, 0.25) is 0 Å². The van der Waals surface area contributed by atoms with Gasteiger partial charge in [-0.05, 0) is 24.7 Å². The number of aromatic nitrogens is 2. The highest BCUT2D eigenvalue weighted by atomic mass is 16.5. The summed E-state index contributed by atoms with van der Waals surface area (Å²) in [6, 6.07) is 0. The van der Waals surface area contributed by atoms with Gasteiger partial charge < -0.3 is 10.1 Å². The largest absolute Gasteiger partial charge is 0.377 e. The van der Waals surface area contributed by atoms with E-state index in [1.54, 1.807) is 0 Å². The monoisotopic (exact) mass is 307 g/mol. The van der Waals surface area contributed by atoms with Crippen LogP contribution in [0.15, 0.2) is 0 Å². The van der Waals surface area contributed by atoms with Crippen molar-refractivity contribution in [1.29, 1.82) is 0 Å². The molecule has 0 aliphatic carbocycles. The van der Waals surface area contributed by atoms with E-state index in [0.29, 0.717) is 12.0 Å². The minimum atomic E-state index is 0.223. The molecule has 2 atom stereocenters. The van der Waals surface area contributed by atoms with Crippen LogP contribution in [0.25, 0.3) is 0 Å². The molecule has 1 aromatic rings. The summed E-state index contributed by atoms with van der Waals surface area (Å²) in [6.07, 6.45) is 3.58. The van der Waals surface area contributed by atoms with E-state index in [1.165, 1.54) is 23.4 Å². The van der Waals surface area contributed by atoms with Crippen LogP contribution in [0.4, 0.5) is 0 Å². The van der Waals surface area contributed by atoms with Gasteiger partial charge in [-0.25, -0.2) is 0 Å². The highest BCUT2D eigenvalue weighted by Gasteiger charge is 2.36.